The van der Waals surface area contributed by atoms with Gasteiger partial charge in [-0.2, -0.15) is 0 Å². The minimum atomic E-state index is 0.160. The minimum absolute atomic E-state index is 0.160. The van der Waals surface area contributed by atoms with E-state index in [9.17, 15) is 0 Å². The van der Waals surface area contributed by atoms with Crippen LogP contribution in [0.2, 0.25) is 0 Å². The Labute approximate surface area is 208 Å². The molecule has 182 valence electrons. The molecule has 2 heteroatoms. The second kappa shape index (κ2) is 13.8. The molecule has 0 aromatic heterocycles. The Morgan fingerprint density at radius 1 is 0.882 bits per heavy atom. The maximum Gasteiger partial charge on any atom is 0.0357 e. The average molecular weight is 457 g/mol. The van der Waals surface area contributed by atoms with E-state index in [1.165, 1.54) is 27.8 Å². The molecular weight excluding hydrogens is 412 g/mol. The van der Waals surface area contributed by atoms with E-state index in [1.807, 2.05) is 0 Å². The summed E-state index contributed by atoms with van der Waals surface area (Å²) in [4.78, 5) is 0. The zero-order chi connectivity index (χ0) is 25.1. The van der Waals surface area contributed by atoms with Crippen LogP contribution < -0.4 is 11.1 Å². The summed E-state index contributed by atoms with van der Waals surface area (Å²) >= 11 is 0. The highest BCUT2D eigenvalue weighted by atomic mass is 14.9. The first-order chi connectivity index (χ1) is 16.3. The molecular formula is C32H44N2. The molecule has 0 aliphatic carbocycles. The molecule has 34 heavy (non-hydrogen) atoms. The molecule has 2 aromatic rings. The van der Waals surface area contributed by atoms with E-state index in [2.05, 4.69) is 101 Å². The lowest BCUT2D eigenvalue weighted by molar-refractivity contribution is 0.616. The highest BCUT2D eigenvalue weighted by Crippen LogP contribution is 2.32. The van der Waals surface area contributed by atoms with Crippen molar-refractivity contribution in [2.24, 2.45) is 17.6 Å². The summed E-state index contributed by atoms with van der Waals surface area (Å²) in [5, 5.41) is 3.50. The van der Waals surface area contributed by atoms with Gasteiger partial charge in [0.05, 0.1) is 0 Å². The van der Waals surface area contributed by atoms with E-state index in [0.29, 0.717) is 5.92 Å². The van der Waals surface area contributed by atoms with Crippen LogP contribution in [0.25, 0.3) is 16.7 Å². The van der Waals surface area contributed by atoms with E-state index < -0.39 is 0 Å². The van der Waals surface area contributed by atoms with E-state index in [1.54, 1.807) is 0 Å². The molecule has 0 heterocycles. The smallest absolute Gasteiger partial charge is 0.0357 e. The third-order valence-corrected chi connectivity index (χ3v) is 6.54. The predicted molar refractivity (Wildman–Crippen MR) is 152 cm³/mol. The first-order valence-corrected chi connectivity index (χ1v) is 12.6. The zero-order valence-electron chi connectivity index (χ0n) is 21.6. The molecule has 1 unspecified atom stereocenters. The lowest BCUT2D eigenvalue weighted by atomic mass is 9.85. The Bertz CT molecular complexity index is 961. The SMILES string of the molecule is C=C(CC(C(=C)CCC)C(=C)NCC(=C)C(C)C)c1ccc(-c2ccc(CCCN)cc2)cc1. The molecule has 2 nitrogen and oxygen atoms in total. The Morgan fingerprint density at radius 2 is 1.47 bits per heavy atom. The third-order valence-electron chi connectivity index (χ3n) is 6.54. The topological polar surface area (TPSA) is 38.0 Å². The van der Waals surface area contributed by atoms with Crippen LogP contribution in [0.1, 0.15) is 57.6 Å². The standard InChI is InChI=1S/C32H44N2/c1-8-10-24(4)32(27(7)34-22-26(6)23(2)3)21-25(5)29-16-18-31(19-17-29)30-14-12-28(13-15-30)11-9-20-33/h12-19,23,32,34H,4-11,20-22,33H2,1-3H3. The van der Waals surface area contributed by atoms with Gasteiger partial charge < -0.3 is 11.1 Å². The summed E-state index contributed by atoms with van der Waals surface area (Å²) in [5.41, 5.74) is 15.1. The van der Waals surface area contributed by atoms with Crippen molar-refractivity contribution >= 4 is 5.57 Å². The lowest BCUT2D eigenvalue weighted by Crippen LogP contribution is -2.24. The Morgan fingerprint density at radius 3 is 2.00 bits per heavy atom. The quantitative estimate of drug-likeness (QED) is 0.267. The molecule has 0 radical (unpaired) electrons. The Balaban J connectivity index is 2.08. The molecule has 1 atom stereocenters. The number of nitrogens with one attached hydrogen (secondary N) is 1. The van der Waals surface area contributed by atoms with Crippen molar-refractivity contribution in [3.8, 4) is 11.1 Å². The molecule has 2 aromatic carbocycles. The Hall–Kier alpha value is -2.84. The Kier molecular flexibility index (Phi) is 11.1. The lowest BCUT2D eigenvalue weighted by Gasteiger charge is -2.25. The van der Waals surface area contributed by atoms with Gasteiger partial charge in [0.1, 0.15) is 0 Å². The maximum absolute atomic E-state index is 5.63. The summed E-state index contributed by atoms with van der Waals surface area (Å²) < 4.78 is 0. The fourth-order valence-corrected chi connectivity index (χ4v) is 4.00. The van der Waals surface area contributed by atoms with Gasteiger partial charge >= 0.3 is 0 Å². The molecule has 0 spiro atoms. The molecule has 0 aliphatic rings. The van der Waals surface area contributed by atoms with Crippen LogP contribution in [0.4, 0.5) is 0 Å². The van der Waals surface area contributed by atoms with E-state index >= 15 is 0 Å². The number of rotatable bonds is 15. The number of benzene rings is 2. The first kappa shape index (κ1) is 27.4. The van der Waals surface area contributed by atoms with Crippen LogP contribution in [-0.4, -0.2) is 13.1 Å². The summed E-state index contributed by atoms with van der Waals surface area (Å²) in [6.07, 6.45) is 4.94. The van der Waals surface area contributed by atoms with E-state index in [4.69, 9.17) is 5.73 Å². The zero-order valence-corrected chi connectivity index (χ0v) is 21.6. The van der Waals surface area contributed by atoms with Crippen LogP contribution in [0, 0.1) is 11.8 Å². The van der Waals surface area contributed by atoms with Crippen LogP contribution >= 0.6 is 0 Å². The number of aryl methyl sites for hydroxylation is 1. The van der Waals surface area contributed by atoms with Crippen LogP contribution in [-0.2, 0) is 6.42 Å². The number of hydrogen-bond acceptors (Lipinski definition) is 2. The van der Waals surface area contributed by atoms with Gasteiger partial charge in [-0.15, -0.1) is 0 Å². The van der Waals surface area contributed by atoms with Crippen molar-refractivity contribution in [1.82, 2.24) is 5.32 Å². The summed E-state index contributed by atoms with van der Waals surface area (Å²) in [6, 6.07) is 17.5. The summed E-state index contributed by atoms with van der Waals surface area (Å²) in [6.45, 7) is 25.3. The fraction of sp³-hybridized carbons (Fsp3) is 0.375. The molecule has 2 rings (SSSR count). The third kappa shape index (κ3) is 8.18. The molecule has 0 aliphatic heterocycles. The normalized spacial score (nSPS) is 11.8. The van der Waals surface area contributed by atoms with Crippen molar-refractivity contribution in [3.05, 3.63) is 103 Å². The molecule has 0 fully saturated rings. The van der Waals surface area contributed by atoms with Gasteiger partial charge in [0.15, 0.2) is 0 Å². The van der Waals surface area contributed by atoms with Crippen molar-refractivity contribution in [3.63, 3.8) is 0 Å². The molecule has 3 N–H and O–H groups in total. The van der Waals surface area contributed by atoms with E-state index in [0.717, 1.165) is 62.0 Å². The second-order valence-electron chi connectivity index (χ2n) is 9.63. The van der Waals surface area contributed by atoms with Crippen LogP contribution in [0.15, 0.2) is 91.7 Å². The van der Waals surface area contributed by atoms with Gasteiger partial charge in [-0.3, -0.25) is 0 Å². The highest BCUT2D eigenvalue weighted by Gasteiger charge is 2.18. The van der Waals surface area contributed by atoms with Gasteiger partial charge in [0.2, 0.25) is 0 Å². The number of allylic oxidation sites excluding steroid dienone is 2. The van der Waals surface area contributed by atoms with Crippen molar-refractivity contribution < 1.29 is 0 Å². The van der Waals surface area contributed by atoms with Crippen LogP contribution in [0.3, 0.4) is 0 Å². The highest BCUT2D eigenvalue weighted by molar-refractivity contribution is 5.70. The summed E-state index contributed by atoms with van der Waals surface area (Å²) in [7, 11) is 0. The molecule has 0 saturated carbocycles. The van der Waals surface area contributed by atoms with Crippen molar-refractivity contribution in [1.29, 1.82) is 0 Å². The van der Waals surface area contributed by atoms with Gasteiger partial charge in [-0.25, -0.2) is 0 Å². The van der Waals surface area contributed by atoms with Gasteiger partial charge in [0, 0.05) is 18.2 Å². The molecule has 0 bridgehead atoms. The largest absolute Gasteiger partial charge is 0.385 e. The van der Waals surface area contributed by atoms with Gasteiger partial charge in [-0.05, 0) is 66.0 Å². The second-order valence-corrected chi connectivity index (χ2v) is 9.63. The van der Waals surface area contributed by atoms with Crippen molar-refractivity contribution in [2.75, 3.05) is 13.1 Å². The van der Waals surface area contributed by atoms with Gasteiger partial charge in [0.25, 0.3) is 0 Å². The molecule has 0 saturated heterocycles. The van der Waals surface area contributed by atoms with Crippen LogP contribution in [0.5, 0.6) is 0 Å². The monoisotopic (exact) mass is 456 g/mol. The number of nitrogens with two attached hydrogens (primary N) is 1. The first-order valence-electron chi connectivity index (χ1n) is 12.6. The van der Waals surface area contributed by atoms with Gasteiger partial charge in [-0.1, -0.05) is 113 Å². The summed E-state index contributed by atoms with van der Waals surface area (Å²) in [5.74, 6) is 0.612. The minimum Gasteiger partial charge on any atom is -0.385 e. The average Bonchev–Trinajstić information content (AvgIpc) is 2.84. The number of hydrogen-bond donors (Lipinski definition) is 2. The van der Waals surface area contributed by atoms with E-state index in [-0.39, 0.29) is 5.92 Å². The molecule has 0 amide bonds. The van der Waals surface area contributed by atoms with Crippen molar-refractivity contribution in [2.45, 2.75) is 52.9 Å². The predicted octanol–water partition coefficient (Wildman–Crippen LogP) is 7.94. The fourth-order valence-electron chi connectivity index (χ4n) is 4.00. The maximum atomic E-state index is 5.63.